The molecule has 1 fully saturated rings. The Morgan fingerprint density at radius 2 is 2.00 bits per heavy atom. The van der Waals surface area contributed by atoms with Crippen LogP contribution >= 0.6 is 0 Å². The Morgan fingerprint density at radius 3 is 2.69 bits per heavy atom. The van der Waals surface area contributed by atoms with E-state index in [4.69, 9.17) is 10.2 Å². The van der Waals surface area contributed by atoms with Crippen molar-refractivity contribution in [3.8, 4) is 0 Å². The van der Waals surface area contributed by atoms with E-state index < -0.39 is 0 Å². The first-order valence-corrected chi connectivity index (χ1v) is 5.34. The van der Waals surface area contributed by atoms with E-state index in [-0.39, 0.29) is 6.61 Å². The van der Waals surface area contributed by atoms with Gasteiger partial charge in [0.2, 0.25) is 0 Å². The molecular weight excluding hydrogens is 166 g/mol. The number of rotatable bonds is 5. The molecule has 0 amide bonds. The third-order valence-electron chi connectivity index (χ3n) is 2.81. The first-order chi connectivity index (χ1) is 6.38. The number of aliphatic hydroxyl groups is 2. The molecule has 3 nitrogen and oxygen atoms in total. The fourth-order valence-electron chi connectivity index (χ4n) is 2.10. The van der Waals surface area contributed by atoms with E-state index in [1.54, 1.807) is 0 Å². The maximum Gasteiger partial charge on any atom is 0.0445 e. The fourth-order valence-corrected chi connectivity index (χ4v) is 2.10. The molecule has 0 aromatic carbocycles. The quantitative estimate of drug-likeness (QED) is 0.662. The zero-order chi connectivity index (χ0) is 9.52. The van der Waals surface area contributed by atoms with Gasteiger partial charge in [-0.25, -0.2) is 0 Å². The Hall–Kier alpha value is -0.120. The van der Waals surface area contributed by atoms with Crippen LogP contribution in [-0.4, -0.2) is 47.5 Å². The van der Waals surface area contributed by atoms with Crippen molar-refractivity contribution in [1.82, 2.24) is 4.90 Å². The number of hydrogen-bond donors (Lipinski definition) is 2. The van der Waals surface area contributed by atoms with Crippen LogP contribution in [-0.2, 0) is 0 Å². The predicted octanol–water partition coefficient (Wildman–Crippen LogP) is 0.606. The second-order valence-corrected chi connectivity index (χ2v) is 3.78. The Labute approximate surface area is 80.4 Å². The summed E-state index contributed by atoms with van der Waals surface area (Å²) in [5, 5.41) is 17.6. The van der Waals surface area contributed by atoms with E-state index in [1.165, 1.54) is 19.3 Å². The van der Waals surface area contributed by atoms with Crippen molar-refractivity contribution in [1.29, 1.82) is 0 Å². The Kier molecular flexibility index (Phi) is 5.35. The van der Waals surface area contributed by atoms with Crippen LogP contribution in [0, 0.1) is 0 Å². The molecule has 0 aromatic heterocycles. The van der Waals surface area contributed by atoms with Crippen molar-refractivity contribution in [2.75, 3.05) is 26.3 Å². The molecule has 0 unspecified atom stereocenters. The lowest BCUT2D eigenvalue weighted by molar-refractivity contribution is 0.110. The fraction of sp³-hybridized carbons (Fsp3) is 1.00. The van der Waals surface area contributed by atoms with Crippen LogP contribution in [0.2, 0.25) is 0 Å². The van der Waals surface area contributed by atoms with Gasteiger partial charge in [0, 0.05) is 25.8 Å². The summed E-state index contributed by atoms with van der Waals surface area (Å²) in [4.78, 5) is 2.41. The predicted molar refractivity (Wildman–Crippen MR) is 52.6 cm³/mol. The van der Waals surface area contributed by atoms with Gasteiger partial charge in [0.15, 0.2) is 0 Å². The number of nitrogens with zero attached hydrogens (tertiary/aromatic N) is 1. The molecule has 1 saturated heterocycles. The van der Waals surface area contributed by atoms with Crippen LogP contribution in [0.1, 0.15) is 32.1 Å². The summed E-state index contributed by atoms with van der Waals surface area (Å²) in [6.45, 7) is 2.70. The summed E-state index contributed by atoms with van der Waals surface area (Å²) in [6, 6.07) is 0.560. The maximum absolute atomic E-state index is 8.89. The van der Waals surface area contributed by atoms with Crippen LogP contribution in [0.5, 0.6) is 0 Å². The largest absolute Gasteiger partial charge is 0.396 e. The van der Waals surface area contributed by atoms with Crippen molar-refractivity contribution in [3.05, 3.63) is 0 Å². The second-order valence-electron chi connectivity index (χ2n) is 3.78. The highest BCUT2D eigenvalue weighted by atomic mass is 16.3. The zero-order valence-corrected chi connectivity index (χ0v) is 8.28. The van der Waals surface area contributed by atoms with Crippen molar-refractivity contribution in [2.45, 2.75) is 38.1 Å². The van der Waals surface area contributed by atoms with Gasteiger partial charge in [0.05, 0.1) is 0 Å². The molecule has 2 N–H and O–H groups in total. The first-order valence-electron chi connectivity index (χ1n) is 5.34. The SMILES string of the molecule is OCCCN1CCCC[C@H]1CCO. The summed E-state index contributed by atoms with van der Waals surface area (Å²) >= 11 is 0. The molecule has 78 valence electrons. The molecule has 1 aliphatic rings. The molecule has 1 atom stereocenters. The molecule has 1 rings (SSSR count). The Balaban J connectivity index is 2.28. The van der Waals surface area contributed by atoms with Gasteiger partial charge in [-0.15, -0.1) is 0 Å². The third-order valence-corrected chi connectivity index (χ3v) is 2.81. The van der Waals surface area contributed by atoms with Gasteiger partial charge in [-0.05, 0) is 32.2 Å². The monoisotopic (exact) mass is 187 g/mol. The molecule has 0 saturated carbocycles. The van der Waals surface area contributed by atoms with Crippen LogP contribution in [0.4, 0.5) is 0 Å². The van der Waals surface area contributed by atoms with E-state index >= 15 is 0 Å². The zero-order valence-electron chi connectivity index (χ0n) is 8.28. The summed E-state index contributed by atoms with van der Waals surface area (Å²) < 4.78 is 0. The number of piperidine rings is 1. The minimum atomic E-state index is 0.280. The Morgan fingerprint density at radius 1 is 1.15 bits per heavy atom. The summed E-state index contributed by atoms with van der Waals surface area (Å²) in [5.74, 6) is 0. The highest BCUT2D eigenvalue weighted by molar-refractivity contribution is 4.76. The highest BCUT2D eigenvalue weighted by Crippen LogP contribution is 2.19. The lowest BCUT2D eigenvalue weighted by Crippen LogP contribution is -2.40. The average molecular weight is 187 g/mol. The third kappa shape index (κ3) is 3.63. The van der Waals surface area contributed by atoms with Gasteiger partial charge in [-0.1, -0.05) is 6.42 Å². The van der Waals surface area contributed by atoms with Gasteiger partial charge in [0.1, 0.15) is 0 Å². The van der Waals surface area contributed by atoms with Crippen LogP contribution in [0.15, 0.2) is 0 Å². The number of likely N-dealkylation sites (tertiary alicyclic amines) is 1. The van der Waals surface area contributed by atoms with Crippen LogP contribution in [0.3, 0.4) is 0 Å². The Bertz CT molecular complexity index is 128. The number of hydrogen-bond acceptors (Lipinski definition) is 3. The minimum absolute atomic E-state index is 0.280. The summed E-state index contributed by atoms with van der Waals surface area (Å²) in [7, 11) is 0. The second kappa shape index (κ2) is 6.35. The lowest BCUT2D eigenvalue weighted by Gasteiger charge is -2.35. The molecular formula is C10H21NO2. The van der Waals surface area contributed by atoms with Gasteiger partial charge in [-0.2, -0.15) is 0 Å². The van der Waals surface area contributed by atoms with Gasteiger partial charge in [0.25, 0.3) is 0 Å². The molecule has 0 bridgehead atoms. The van der Waals surface area contributed by atoms with E-state index in [2.05, 4.69) is 4.90 Å². The maximum atomic E-state index is 8.89. The average Bonchev–Trinajstić information content (AvgIpc) is 2.17. The topological polar surface area (TPSA) is 43.7 Å². The molecule has 1 aliphatic heterocycles. The van der Waals surface area contributed by atoms with E-state index in [1.807, 2.05) is 0 Å². The van der Waals surface area contributed by atoms with Crippen molar-refractivity contribution >= 4 is 0 Å². The van der Waals surface area contributed by atoms with Crippen LogP contribution in [0.25, 0.3) is 0 Å². The van der Waals surface area contributed by atoms with E-state index in [0.29, 0.717) is 12.6 Å². The lowest BCUT2D eigenvalue weighted by atomic mass is 9.99. The molecule has 0 aliphatic carbocycles. The smallest absolute Gasteiger partial charge is 0.0445 e. The molecule has 0 radical (unpaired) electrons. The van der Waals surface area contributed by atoms with E-state index in [9.17, 15) is 0 Å². The molecule has 13 heavy (non-hydrogen) atoms. The summed E-state index contributed by atoms with van der Waals surface area (Å²) in [5.41, 5.74) is 0. The minimum Gasteiger partial charge on any atom is -0.396 e. The molecule has 0 aromatic rings. The molecule has 1 heterocycles. The first kappa shape index (κ1) is 11.0. The summed E-state index contributed by atoms with van der Waals surface area (Å²) in [6.07, 6.45) is 5.53. The van der Waals surface area contributed by atoms with Crippen molar-refractivity contribution in [2.24, 2.45) is 0 Å². The molecule has 0 spiro atoms. The molecule has 3 heteroatoms. The van der Waals surface area contributed by atoms with Crippen LogP contribution < -0.4 is 0 Å². The van der Waals surface area contributed by atoms with Crippen molar-refractivity contribution in [3.63, 3.8) is 0 Å². The highest BCUT2D eigenvalue weighted by Gasteiger charge is 2.20. The van der Waals surface area contributed by atoms with Gasteiger partial charge in [-0.3, -0.25) is 0 Å². The normalized spacial score (nSPS) is 24.9. The standard InChI is InChI=1S/C10H21NO2/c12-8-3-7-11-6-2-1-4-10(11)5-9-13/h10,12-13H,1-9H2/t10-/m0/s1. The van der Waals surface area contributed by atoms with Gasteiger partial charge < -0.3 is 15.1 Å². The van der Waals surface area contributed by atoms with Gasteiger partial charge >= 0.3 is 0 Å². The number of aliphatic hydroxyl groups excluding tert-OH is 2. The van der Waals surface area contributed by atoms with Crippen molar-refractivity contribution < 1.29 is 10.2 Å². The van der Waals surface area contributed by atoms with E-state index in [0.717, 1.165) is 25.9 Å².